The van der Waals surface area contributed by atoms with Gasteiger partial charge in [0.2, 0.25) is 17.4 Å². The number of nitrogens with zero attached hydrogens (tertiary/aromatic N) is 2. The number of aromatic hydroxyl groups is 1. The number of phenols is 1. The van der Waals surface area contributed by atoms with Crippen LogP contribution in [0.15, 0.2) is 29.1 Å². The Morgan fingerprint density at radius 1 is 1.04 bits per heavy atom. The number of nitrogens with two attached hydrogens (primary N) is 1. The number of Topliss-reactive ketones (excluding diaryl/α,β-unsaturated/α-hetero) is 1. The summed E-state index contributed by atoms with van der Waals surface area (Å²) in [6, 6.07) is 5.59. The number of ether oxygens (including phenoxy) is 2. The second-order valence-electron chi connectivity index (χ2n) is 14.3. The van der Waals surface area contributed by atoms with Crippen molar-refractivity contribution in [1.29, 1.82) is 0 Å². The number of amides is 2. The third kappa shape index (κ3) is 8.29. The number of pyridine rings is 2. The number of aryl methyl sites for hydroxylation is 1. The van der Waals surface area contributed by atoms with Gasteiger partial charge in [0.1, 0.15) is 12.4 Å². The van der Waals surface area contributed by atoms with Crippen LogP contribution < -0.4 is 16.6 Å². The van der Waals surface area contributed by atoms with Crippen molar-refractivity contribution in [2.75, 3.05) is 0 Å². The molecule has 0 fully saturated rings. The Bertz CT molecular complexity index is 1990. The number of hydrogen-bond acceptors (Lipinski definition) is 10. The van der Waals surface area contributed by atoms with E-state index in [-0.39, 0.29) is 91.7 Å². The number of cyclic esters (lactones) is 1. The van der Waals surface area contributed by atoms with Gasteiger partial charge < -0.3 is 30.2 Å². The first-order valence-electron chi connectivity index (χ1n) is 18.7. The summed E-state index contributed by atoms with van der Waals surface area (Å²) in [5.41, 5.74) is 7.16. The fraction of sp³-hybridized carbons (Fsp3) is 0.525. The van der Waals surface area contributed by atoms with E-state index in [0.29, 0.717) is 29.7 Å². The van der Waals surface area contributed by atoms with Crippen LogP contribution in [0.2, 0.25) is 0 Å². The number of primary amides is 1. The minimum Gasteiger partial charge on any atom is -0.508 e. The van der Waals surface area contributed by atoms with Gasteiger partial charge in [-0.3, -0.25) is 24.0 Å². The first kappa shape index (κ1) is 39.1. The highest BCUT2D eigenvalue weighted by atomic mass is 16.6. The molecule has 13 heteroatoms. The maximum absolute atomic E-state index is 14.0. The van der Waals surface area contributed by atoms with E-state index in [1.54, 1.807) is 42.7 Å². The van der Waals surface area contributed by atoms with Crippen molar-refractivity contribution in [2.24, 2.45) is 11.7 Å². The first-order valence-corrected chi connectivity index (χ1v) is 18.7. The summed E-state index contributed by atoms with van der Waals surface area (Å²) in [4.78, 5) is 83.2. The van der Waals surface area contributed by atoms with Crippen molar-refractivity contribution in [3.05, 3.63) is 56.9 Å². The average Bonchev–Trinajstić information content (AvgIpc) is 3.48. The van der Waals surface area contributed by atoms with Gasteiger partial charge in [-0.1, -0.05) is 53.4 Å². The predicted octanol–water partition coefficient (Wildman–Crippen LogP) is 4.99. The highest BCUT2D eigenvalue weighted by Crippen LogP contribution is 2.42. The first-order chi connectivity index (χ1) is 25.3. The van der Waals surface area contributed by atoms with E-state index in [9.17, 15) is 33.9 Å². The molecule has 4 heterocycles. The number of hydrogen-bond donors (Lipinski definition) is 3. The Labute approximate surface area is 308 Å². The Kier molecular flexibility index (Phi) is 12.4. The molecule has 53 heavy (non-hydrogen) atoms. The predicted molar refractivity (Wildman–Crippen MR) is 197 cm³/mol. The number of ketones is 1. The quantitative estimate of drug-likeness (QED) is 0.0926. The van der Waals surface area contributed by atoms with Crippen molar-refractivity contribution in [2.45, 2.75) is 130 Å². The van der Waals surface area contributed by atoms with Crippen LogP contribution in [0.5, 0.6) is 5.75 Å². The maximum Gasteiger partial charge on any atom is 0.355 e. The molecule has 1 aromatic carbocycles. The molecule has 0 unspecified atom stereocenters. The monoisotopic (exact) mass is 730 g/mol. The Hall–Kier alpha value is -5.07. The molecule has 0 aliphatic carbocycles. The molecule has 284 valence electrons. The lowest BCUT2D eigenvalue weighted by Crippen LogP contribution is -2.47. The minimum absolute atomic E-state index is 0.00605. The Balaban J connectivity index is 1.31. The van der Waals surface area contributed by atoms with Gasteiger partial charge in [0.25, 0.3) is 5.56 Å². The number of esters is 2. The van der Waals surface area contributed by atoms with E-state index in [4.69, 9.17) is 20.2 Å². The van der Waals surface area contributed by atoms with Crippen LogP contribution in [-0.2, 0) is 58.6 Å². The number of carbonyl (C=O) groups is 5. The van der Waals surface area contributed by atoms with Gasteiger partial charge in [-0.05, 0) is 61.4 Å². The standard InChI is InChI=1S/C40H50N4O9/c1-5-8-9-10-11-12-35(48)42-31(20-34(41)47)33(46)17-23(4)13-16-36(49)53-40(7-3)29-19-32-37-27(21-44(32)38(50)28(29)22-52-39(40)51)25(6-2)26-18-24(45)14-15-30(26)43-37/h14-15,18-19,23,31,45H,5-13,16-17,20-22H2,1-4H3,(H2,41,47)(H,42,48)/t23-,31+,40-/m0/s1. The molecule has 0 spiro atoms. The van der Waals surface area contributed by atoms with Gasteiger partial charge in [-0.15, -0.1) is 0 Å². The molecule has 3 aromatic rings. The maximum atomic E-state index is 14.0. The van der Waals surface area contributed by atoms with Crippen molar-refractivity contribution in [3.63, 3.8) is 0 Å². The fourth-order valence-electron chi connectivity index (χ4n) is 7.51. The molecule has 0 bridgehead atoms. The molecule has 0 radical (unpaired) electrons. The molecule has 2 aliphatic rings. The SMILES string of the molecule is CCCCCCCC(=O)N[C@H](CC(N)=O)C(=O)C[C@@H](C)CCC(=O)O[C@]1(CC)C(=O)OCc2c1cc1n(c2=O)Cc2c-1nc1ccc(O)cc1c2CC. The van der Waals surface area contributed by atoms with Crippen LogP contribution in [0.25, 0.3) is 22.3 Å². The van der Waals surface area contributed by atoms with E-state index in [0.717, 1.165) is 42.2 Å². The van der Waals surface area contributed by atoms with Crippen molar-refractivity contribution < 1.29 is 38.6 Å². The van der Waals surface area contributed by atoms with Crippen molar-refractivity contribution >= 4 is 40.4 Å². The van der Waals surface area contributed by atoms with Crippen LogP contribution in [0, 0.1) is 5.92 Å². The summed E-state index contributed by atoms with van der Waals surface area (Å²) in [5.74, 6) is -3.10. The largest absolute Gasteiger partial charge is 0.508 e. The molecule has 13 nitrogen and oxygen atoms in total. The summed E-state index contributed by atoms with van der Waals surface area (Å²) in [5, 5.41) is 13.6. The highest BCUT2D eigenvalue weighted by molar-refractivity contribution is 5.93. The molecule has 5 rings (SSSR count). The van der Waals surface area contributed by atoms with Crippen LogP contribution in [0.1, 0.15) is 121 Å². The number of nitrogens with one attached hydrogen (secondary N) is 1. The second-order valence-corrected chi connectivity index (χ2v) is 14.3. The molecule has 4 N–H and O–H groups in total. The topological polar surface area (TPSA) is 197 Å². The smallest absolute Gasteiger partial charge is 0.355 e. The summed E-state index contributed by atoms with van der Waals surface area (Å²) in [6.07, 6.45) is 5.41. The Morgan fingerprint density at radius 2 is 1.79 bits per heavy atom. The van der Waals surface area contributed by atoms with Crippen molar-refractivity contribution in [3.8, 4) is 17.1 Å². The third-order valence-corrected chi connectivity index (χ3v) is 10.4. The van der Waals surface area contributed by atoms with E-state index in [2.05, 4.69) is 12.2 Å². The number of carbonyl (C=O) groups excluding carboxylic acids is 5. The molecule has 2 aromatic heterocycles. The summed E-state index contributed by atoms with van der Waals surface area (Å²) >= 11 is 0. The van der Waals surface area contributed by atoms with E-state index >= 15 is 0 Å². The van der Waals surface area contributed by atoms with Crippen LogP contribution in [0.4, 0.5) is 0 Å². The molecule has 2 amide bonds. The zero-order chi connectivity index (χ0) is 38.4. The zero-order valence-electron chi connectivity index (χ0n) is 31.0. The molecule has 2 aliphatic heterocycles. The van der Waals surface area contributed by atoms with Crippen LogP contribution >= 0.6 is 0 Å². The van der Waals surface area contributed by atoms with Crippen LogP contribution in [-0.4, -0.2) is 50.2 Å². The summed E-state index contributed by atoms with van der Waals surface area (Å²) in [7, 11) is 0. The minimum atomic E-state index is -1.87. The number of rotatable bonds is 18. The fourth-order valence-corrected chi connectivity index (χ4v) is 7.51. The third-order valence-electron chi connectivity index (χ3n) is 10.4. The molecule has 3 atom stereocenters. The second kappa shape index (κ2) is 16.7. The van der Waals surface area contributed by atoms with Crippen LogP contribution in [0.3, 0.4) is 0 Å². The van der Waals surface area contributed by atoms with Gasteiger partial charge in [-0.25, -0.2) is 9.78 Å². The van der Waals surface area contributed by atoms with E-state index in [1.165, 1.54) is 0 Å². The lowest BCUT2D eigenvalue weighted by molar-refractivity contribution is -0.189. The van der Waals surface area contributed by atoms with Crippen molar-refractivity contribution in [1.82, 2.24) is 14.9 Å². The summed E-state index contributed by atoms with van der Waals surface area (Å²) < 4.78 is 13.0. The molecular formula is C40H50N4O9. The number of aromatic nitrogens is 2. The zero-order valence-corrected chi connectivity index (χ0v) is 31.0. The van der Waals surface area contributed by atoms with Gasteiger partial charge in [0.05, 0.1) is 41.5 Å². The van der Waals surface area contributed by atoms with Gasteiger partial charge in [0, 0.05) is 35.8 Å². The highest BCUT2D eigenvalue weighted by Gasteiger charge is 2.50. The van der Waals surface area contributed by atoms with E-state index in [1.807, 2.05) is 6.92 Å². The molecular weight excluding hydrogens is 680 g/mol. The van der Waals surface area contributed by atoms with Gasteiger partial charge in [0.15, 0.2) is 5.78 Å². The number of benzene rings is 1. The normalized spacial score (nSPS) is 16.9. The molecule has 0 saturated carbocycles. The number of unbranched alkanes of at least 4 members (excludes halogenated alkanes) is 4. The Morgan fingerprint density at radius 3 is 2.49 bits per heavy atom. The summed E-state index contributed by atoms with van der Waals surface area (Å²) in [6.45, 7) is 7.53. The number of phenolic OH excluding ortho intramolecular Hbond substituents is 1. The van der Waals surface area contributed by atoms with E-state index < -0.39 is 29.5 Å². The van der Waals surface area contributed by atoms with Gasteiger partial charge >= 0.3 is 11.9 Å². The molecule has 0 saturated heterocycles. The number of fused-ring (bicyclic) bond motifs is 5. The lowest BCUT2D eigenvalue weighted by atomic mass is 9.85. The average molecular weight is 731 g/mol. The lowest BCUT2D eigenvalue weighted by Gasteiger charge is -2.35. The van der Waals surface area contributed by atoms with Gasteiger partial charge in [-0.2, -0.15) is 0 Å².